The number of benzene rings is 1. The summed E-state index contributed by atoms with van der Waals surface area (Å²) in [5.74, 6) is -0.448. The van der Waals surface area contributed by atoms with Crippen LogP contribution < -0.4 is 5.32 Å². The van der Waals surface area contributed by atoms with Gasteiger partial charge in [0, 0.05) is 12.8 Å². The van der Waals surface area contributed by atoms with E-state index < -0.39 is 18.1 Å². The molecule has 0 aliphatic carbocycles. The van der Waals surface area contributed by atoms with E-state index in [4.69, 9.17) is 9.84 Å². The molecule has 1 aromatic carbocycles. The Labute approximate surface area is 142 Å². The van der Waals surface area contributed by atoms with Crippen molar-refractivity contribution >= 4 is 11.9 Å². The van der Waals surface area contributed by atoms with Crippen molar-refractivity contribution in [3.63, 3.8) is 0 Å². The van der Waals surface area contributed by atoms with Crippen LogP contribution in [0.25, 0.3) is 0 Å². The summed E-state index contributed by atoms with van der Waals surface area (Å²) in [6, 6.07) is 6.15. The molecule has 134 valence electrons. The molecule has 6 nitrogen and oxygen atoms in total. The van der Waals surface area contributed by atoms with E-state index in [2.05, 4.69) is 5.32 Å². The van der Waals surface area contributed by atoms with Crippen molar-refractivity contribution in [1.82, 2.24) is 5.32 Å². The van der Waals surface area contributed by atoms with Gasteiger partial charge in [-0.25, -0.2) is 4.79 Å². The van der Waals surface area contributed by atoms with Crippen LogP contribution in [0.15, 0.2) is 24.3 Å². The third kappa shape index (κ3) is 6.68. The van der Waals surface area contributed by atoms with Crippen molar-refractivity contribution in [2.75, 3.05) is 13.2 Å². The van der Waals surface area contributed by atoms with E-state index in [-0.39, 0.29) is 25.0 Å². The Balaban J connectivity index is 2.80. The van der Waals surface area contributed by atoms with Crippen molar-refractivity contribution in [1.29, 1.82) is 0 Å². The van der Waals surface area contributed by atoms with Crippen LogP contribution >= 0.6 is 0 Å². The smallest absolute Gasteiger partial charge is 0.328 e. The van der Waals surface area contributed by atoms with E-state index in [1.54, 1.807) is 31.2 Å². The van der Waals surface area contributed by atoms with Gasteiger partial charge >= 0.3 is 5.97 Å². The number of aliphatic hydroxyl groups excluding tert-OH is 2. The van der Waals surface area contributed by atoms with Crippen LogP contribution in [0, 0.1) is 5.92 Å². The number of esters is 1. The molecule has 0 spiro atoms. The molecule has 0 aromatic heterocycles. The number of carbonyl (C=O) groups excluding carboxylic acids is 2. The molecule has 2 atom stereocenters. The lowest BCUT2D eigenvalue weighted by Crippen LogP contribution is -2.43. The maximum atomic E-state index is 12.1. The molecule has 3 N–H and O–H groups in total. The first-order valence-corrected chi connectivity index (χ1v) is 8.21. The Morgan fingerprint density at radius 3 is 2.33 bits per heavy atom. The molecule has 0 saturated heterocycles. The lowest BCUT2D eigenvalue weighted by atomic mass is 10.0. The van der Waals surface area contributed by atoms with Gasteiger partial charge in [-0.3, -0.25) is 4.79 Å². The third-order valence-corrected chi connectivity index (χ3v) is 3.48. The zero-order valence-electron chi connectivity index (χ0n) is 14.5. The second kappa shape index (κ2) is 10.1. The summed E-state index contributed by atoms with van der Waals surface area (Å²) in [4.78, 5) is 24.0. The molecule has 0 heterocycles. The summed E-state index contributed by atoms with van der Waals surface area (Å²) < 4.78 is 5.03. The number of ether oxygens (including phenoxy) is 1. The van der Waals surface area contributed by atoms with Crippen molar-refractivity contribution in [2.45, 2.75) is 45.8 Å². The van der Waals surface area contributed by atoms with Crippen molar-refractivity contribution in [2.24, 2.45) is 5.92 Å². The van der Waals surface area contributed by atoms with Crippen LogP contribution in [0.1, 0.15) is 44.4 Å². The van der Waals surface area contributed by atoms with Crippen LogP contribution in [0.3, 0.4) is 0 Å². The minimum Gasteiger partial charge on any atom is -0.464 e. The lowest BCUT2D eigenvalue weighted by Gasteiger charge is -2.18. The maximum absolute atomic E-state index is 12.1. The van der Waals surface area contributed by atoms with Gasteiger partial charge in [0.2, 0.25) is 5.91 Å². The van der Waals surface area contributed by atoms with E-state index in [0.717, 1.165) is 5.56 Å². The number of carbonyl (C=O) groups is 2. The normalized spacial score (nSPS) is 13.4. The molecule has 0 aliphatic heterocycles. The number of hydrogen-bond acceptors (Lipinski definition) is 5. The molecule has 0 fully saturated rings. The fourth-order valence-corrected chi connectivity index (χ4v) is 2.28. The van der Waals surface area contributed by atoms with Gasteiger partial charge in [0.25, 0.3) is 0 Å². The molecule has 0 aliphatic rings. The van der Waals surface area contributed by atoms with Crippen molar-refractivity contribution in [3.05, 3.63) is 35.4 Å². The van der Waals surface area contributed by atoms with E-state index >= 15 is 0 Å². The molecule has 6 heteroatoms. The Bertz CT molecular complexity index is 527. The zero-order valence-corrected chi connectivity index (χ0v) is 14.5. The van der Waals surface area contributed by atoms with Gasteiger partial charge in [-0.15, -0.1) is 0 Å². The molecular formula is C18H27NO5. The van der Waals surface area contributed by atoms with Crippen LogP contribution in [-0.4, -0.2) is 41.3 Å². The number of aliphatic hydroxyl groups is 2. The monoisotopic (exact) mass is 337 g/mol. The summed E-state index contributed by atoms with van der Waals surface area (Å²) in [7, 11) is 0. The second-order valence-electron chi connectivity index (χ2n) is 6.11. The Kier molecular flexibility index (Phi) is 8.43. The first-order chi connectivity index (χ1) is 11.4. The molecule has 1 unspecified atom stereocenters. The number of amides is 1. The number of hydrogen-bond donors (Lipinski definition) is 3. The van der Waals surface area contributed by atoms with Gasteiger partial charge in [-0.2, -0.15) is 0 Å². The number of nitrogens with one attached hydrogen (secondary N) is 1. The highest BCUT2D eigenvalue weighted by atomic mass is 16.5. The Morgan fingerprint density at radius 2 is 1.83 bits per heavy atom. The van der Waals surface area contributed by atoms with Gasteiger partial charge in [-0.1, -0.05) is 38.1 Å². The summed E-state index contributed by atoms with van der Waals surface area (Å²) >= 11 is 0. The summed E-state index contributed by atoms with van der Waals surface area (Å²) in [5, 5.41) is 21.3. The van der Waals surface area contributed by atoms with Crippen LogP contribution in [0.4, 0.5) is 0 Å². The van der Waals surface area contributed by atoms with E-state index in [0.29, 0.717) is 18.4 Å². The molecule has 24 heavy (non-hydrogen) atoms. The molecule has 0 radical (unpaired) electrons. The predicted octanol–water partition coefficient (Wildman–Crippen LogP) is 1.35. The highest BCUT2D eigenvalue weighted by molar-refractivity contribution is 5.84. The van der Waals surface area contributed by atoms with Gasteiger partial charge in [-0.05, 0) is 24.0 Å². The van der Waals surface area contributed by atoms with Crippen molar-refractivity contribution < 1.29 is 24.5 Å². The lowest BCUT2D eigenvalue weighted by molar-refractivity contribution is -0.147. The highest BCUT2D eigenvalue weighted by Crippen LogP contribution is 2.14. The topological polar surface area (TPSA) is 95.9 Å². The second-order valence-corrected chi connectivity index (χ2v) is 6.11. The Morgan fingerprint density at radius 1 is 1.21 bits per heavy atom. The van der Waals surface area contributed by atoms with Gasteiger partial charge in [0.1, 0.15) is 12.1 Å². The fourth-order valence-electron chi connectivity index (χ4n) is 2.28. The van der Waals surface area contributed by atoms with Crippen molar-refractivity contribution in [3.8, 4) is 0 Å². The largest absolute Gasteiger partial charge is 0.464 e. The third-order valence-electron chi connectivity index (χ3n) is 3.48. The van der Waals surface area contributed by atoms with Crippen LogP contribution in [0.2, 0.25) is 0 Å². The quantitative estimate of drug-likeness (QED) is 0.591. The van der Waals surface area contributed by atoms with Gasteiger partial charge in [0.05, 0.1) is 13.2 Å². The molecule has 1 aromatic rings. The van der Waals surface area contributed by atoms with Crippen LogP contribution in [-0.2, 0) is 20.7 Å². The first kappa shape index (κ1) is 20.1. The first-order valence-electron chi connectivity index (χ1n) is 8.21. The van der Waals surface area contributed by atoms with Gasteiger partial charge in [0.15, 0.2) is 0 Å². The average molecular weight is 337 g/mol. The molecular weight excluding hydrogens is 310 g/mol. The average Bonchev–Trinajstić information content (AvgIpc) is 2.53. The fraction of sp³-hybridized carbons (Fsp3) is 0.556. The van der Waals surface area contributed by atoms with E-state index in [9.17, 15) is 14.7 Å². The standard InChI is InChI=1S/C18H27NO5/c1-4-24-18(23)15(19-17(22)9-12(2)3)10-13-5-7-14(8-6-13)16(21)11-20/h5-8,12,15-16,20-21H,4,9-11H2,1-3H3,(H,19,22)/t15-,16?/m0/s1. The SMILES string of the molecule is CCOC(=O)[C@H](Cc1ccc(C(O)CO)cc1)NC(=O)CC(C)C. The van der Waals surface area contributed by atoms with Gasteiger partial charge < -0.3 is 20.3 Å². The maximum Gasteiger partial charge on any atom is 0.328 e. The summed E-state index contributed by atoms with van der Waals surface area (Å²) in [6.45, 7) is 5.48. The van der Waals surface area contributed by atoms with E-state index in [1.165, 1.54) is 0 Å². The molecule has 1 amide bonds. The molecule has 0 bridgehead atoms. The zero-order chi connectivity index (χ0) is 18.1. The Hall–Kier alpha value is -1.92. The molecule has 0 saturated carbocycles. The minimum atomic E-state index is -0.925. The summed E-state index contributed by atoms with van der Waals surface area (Å²) in [6.07, 6.45) is -0.277. The predicted molar refractivity (Wildman–Crippen MR) is 90.2 cm³/mol. The van der Waals surface area contributed by atoms with E-state index in [1.807, 2.05) is 13.8 Å². The minimum absolute atomic E-state index is 0.185. The summed E-state index contributed by atoms with van der Waals surface area (Å²) in [5.41, 5.74) is 1.42. The highest BCUT2D eigenvalue weighted by Gasteiger charge is 2.23. The molecule has 1 rings (SSSR count). The van der Waals surface area contributed by atoms with Crippen LogP contribution in [0.5, 0.6) is 0 Å². The number of rotatable bonds is 9.